The summed E-state index contributed by atoms with van der Waals surface area (Å²) in [6.45, 7) is 3.11. The fraction of sp³-hybridized carbons (Fsp3) is 0.269. The Bertz CT molecular complexity index is 1470. The zero-order valence-electron chi connectivity index (χ0n) is 20.1. The lowest BCUT2D eigenvalue weighted by Crippen LogP contribution is -2.44. The molecule has 190 valence electrons. The predicted molar refractivity (Wildman–Crippen MR) is 148 cm³/mol. The summed E-state index contributed by atoms with van der Waals surface area (Å²) in [5.74, 6) is 0.0557. The number of hydrogen-bond donors (Lipinski definition) is 3. The van der Waals surface area contributed by atoms with Gasteiger partial charge in [0.05, 0.1) is 6.20 Å². The van der Waals surface area contributed by atoms with E-state index in [1.165, 1.54) is 13.1 Å². The van der Waals surface area contributed by atoms with Gasteiger partial charge in [-0.2, -0.15) is 0 Å². The third kappa shape index (κ3) is 5.71. The minimum absolute atomic E-state index is 0.0589. The van der Waals surface area contributed by atoms with E-state index in [-0.39, 0.29) is 23.6 Å². The molecule has 1 aliphatic heterocycles. The summed E-state index contributed by atoms with van der Waals surface area (Å²) < 4.78 is 15.5. The van der Waals surface area contributed by atoms with Gasteiger partial charge in [-0.3, -0.25) is 4.79 Å². The van der Waals surface area contributed by atoms with Crippen LogP contribution in [0.5, 0.6) is 0 Å². The standard InChI is InChI=1S/C26H25FIN7O2/c1-15(36)17-5-2-6-19(8-17)33-26(37)35-7-3-4-16(14-35)10-29-25-22(27)13-32-24(34-25)21-12-31-23-20(21)9-18(28)11-30-23/h2,5-6,8-9,11-13,16H,3-4,7,10,14H2,1H3,(H,30,31)(H,33,37)(H,29,32,34). The van der Waals surface area contributed by atoms with Crippen molar-refractivity contribution in [2.45, 2.75) is 19.8 Å². The molecule has 11 heteroatoms. The Balaban J connectivity index is 1.24. The molecular formula is C26H25FIN7O2. The van der Waals surface area contributed by atoms with Crippen LogP contribution in [0.1, 0.15) is 30.1 Å². The molecule has 37 heavy (non-hydrogen) atoms. The summed E-state index contributed by atoms with van der Waals surface area (Å²) in [4.78, 5) is 42.3. The molecule has 1 aromatic carbocycles. The van der Waals surface area contributed by atoms with Crippen LogP contribution in [-0.4, -0.2) is 56.3 Å². The number of anilines is 2. The van der Waals surface area contributed by atoms with Crippen LogP contribution < -0.4 is 10.6 Å². The number of aromatic amines is 1. The van der Waals surface area contributed by atoms with Gasteiger partial charge in [-0.15, -0.1) is 0 Å². The van der Waals surface area contributed by atoms with Gasteiger partial charge < -0.3 is 20.5 Å². The maximum atomic E-state index is 14.6. The molecule has 3 N–H and O–H groups in total. The highest BCUT2D eigenvalue weighted by Crippen LogP contribution is 2.28. The van der Waals surface area contributed by atoms with E-state index in [4.69, 9.17) is 0 Å². The maximum absolute atomic E-state index is 14.6. The SMILES string of the molecule is CC(=O)c1cccc(NC(=O)N2CCCC(CNc3nc(-c4c[nH]c5ncc(I)cc45)ncc3F)C2)c1. The van der Waals surface area contributed by atoms with Crippen LogP contribution in [0.4, 0.5) is 20.7 Å². The number of rotatable bonds is 6. The highest BCUT2D eigenvalue weighted by atomic mass is 127. The van der Waals surface area contributed by atoms with Gasteiger partial charge in [0.2, 0.25) is 0 Å². The minimum atomic E-state index is -0.535. The van der Waals surface area contributed by atoms with E-state index in [0.29, 0.717) is 42.4 Å². The number of amides is 2. The summed E-state index contributed by atoms with van der Waals surface area (Å²) in [6.07, 6.45) is 6.45. The van der Waals surface area contributed by atoms with Gasteiger partial charge in [-0.1, -0.05) is 12.1 Å². The van der Waals surface area contributed by atoms with E-state index < -0.39 is 5.82 Å². The van der Waals surface area contributed by atoms with Crippen molar-refractivity contribution in [3.05, 3.63) is 63.9 Å². The van der Waals surface area contributed by atoms with Crippen molar-refractivity contribution in [1.29, 1.82) is 0 Å². The molecule has 1 fully saturated rings. The number of piperidine rings is 1. The van der Waals surface area contributed by atoms with Gasteiger partial charge >= 0.3 is 6.03 Å². The number of Topliss-reactive ketones (excluding diaryl/α,β-unsaturated/α-hetero) is 1. The number of halogens is 2. The van der Waals surface area contributed by atoms with Crippen LogP contribution in [0.15, 0.2) is 48.9 Å². The molecule has 5 rings (SSSR count). The number of nitrogens with zero attached hydrogens (tertiary/aromatic N) is 4. The Hall–Kier alpha value is -3.61. The number of fused-ring (bicyclic) bond motifs is 1. The van der Waals surface area contributed by atoms with E-state index in [0.717, 1.165) is 27.4 Å². The zero-order valence-corrected chi connectivity index (χ0v) is 22.3. The summed E-state index contributed by atoms with van der Waals surface area (Å²) in [7, 11) is 0. The first kappa shape index (κ1) is 25.1. The monoisotopic (exact) mass is 613 g/mol. The summed E-state index contributed by atoms with van der Waals surface area (Å²) in [5, 5.41) is 6.87. The van der Waals surface area contributed by atoms with E-state index >= 15 is 0 Å². The van der Waals surface area contributed by atoms with Crippen LogP contribution in [0.3, 0.4) is 0 Å². The van der Waals surface area contributed by atoms with Crippen molar-refractivity contribution in [2.75, 3.05) is 30.3 Å². The molecule has 0 saturated carbocycles. The number of carbonyl (C=O) groups is 2. The highest BCUT2D eigenvalue weighted by Gasteiger charge is 2.24. The fourth-order valence-electron chi connectivity index (χ4n) is 4.46. The summed E-state index contributed by atoms with van der Waals surface area (Å²) >= 11 is 2.19. The summed E-state index contributed by atoms with van der Waals surface area (Å²) in [6, 6.07) is 8.65. The van der Waals surface area contributed by atoms with E-state index in [1.54, 1.807) is 41.6 Å². The quantitative estimate of drug-likeness (QED) is 0.200. The molecule has 4 aromatic rings. The number of benzene rings is 1. The largest absolute Gasteiger partial charge is 0.367 e. The third-order valence-corrected chi connectivity index (χ3v) is 6.96. The van der Waals surface area contributed by atoms with Gasteiger partial charge in [0.15, 0.2) is 23.2 Å². The minimum Gasteiger partial charge on any atom is -0.367 e. The molecule has 3 aromatic heterocycles. The second-order valence-electron chi connectivity index (χ2n) is 9.04. The van der Waals surface area contributed by atoms with Crippen molar-refractivity contribution < 1.29 is 14.0 Å². The molecule has 0 bridgehead atoms. The van der Waals surface area contributed by atoms with Crippen molar-refractivity contribution in [2.24, 2.45) is 5.92 Å². The van der Waals surface area contributed by atoms with Crippen molar-refractivity contribution in [3.63, 3.8) is 0 Å². The maximum Gasteiger partial charge on any atom is 0.321 e. The van der Waals surface area contributed by atoms with E-state index in [2.05, 4.69) is 53.2 Å². The van der Waals surface area contributed by atoms with E-state index in [9.17, 15) is 14.0 Å². The number of urea groups is 1. The first-order valence-electron chi connectivity index (χ1n) is 11.9. The molecule has 1 saturated heterocycles. The van der Waals surface area contributed by atoms with Crippen molar-refractivity contribution in [1.82, 2.24) is 24.8 Å². The molecule has 4 heterocycles. The van der Waals surface area contributed by atoms with Crippen molar-refractivity contribution in [3.8, 4) is 11.4 Å². The third-order valence-electron chi connectivity index (χ3n) is 6.37. The van der Waals surface area contributed by atoms with Crippen LogP contribution in [0, 0.1) is 15.3 Å². The molecule has 9 nitrogen and oxygen atoms in total. The number of H-pyrrole nitrogens is 1. The lowest BCUT2D eigenvalue weighted by Gasteiger charge is -2.33. The van der Waals surface area contributed by atoms with Crippen LogP contribution in [-0.2, 0) is 0 Å². The normalized spacial score (nSPS) is 15.5. The molecule has 0 aliphatic carbocycles. The van der Waals surface area contributed by atoms with Gasteiger partial charge in [-0.05, 0) is 66.5 Å². The number of carbonyl (C=O) groups excluding carboxylic acids is 2. The number of likely N-dealkylation sites (tertiary alicyclic amines) is 1. The van der Waals surface area contributed by atoms with Gasteiger partial charge in [-0.25, -0.2) is 24.1 Å². The Morgan fingerprint density at radius 1 is 1.24 bits per heavy atom. The second kappa shape index (κ2) is 10.8. The molecule has 1 aliphatic rings. The number of nitrogens with one attached hydrogen (secondary N) is 3. The smallest absolute Gasteiger partial charge is 0.321 e. The topological polar surface area (TPSA) is 116 Å². The first-order valence-corrected chi connectivity index (χ1v) is 13.0. The lowest BCUT2D eigenvalue weighted by atomic mass is 9.98. The summed E-state index contributed by atoms with van der Waals surface area (Å²) in [5.41, 5.74) is 2.59. The Kier molecular flexibility index (Phi) is 7.31. The first-order chi connectivity index (χ1) is 17.9. The Morgan fingerprint density at radius 2 is 2.11 bits per heavy atom. The predicted octanol–water partition coefficient (Wildman–Crippen LogP) is 5.32. The molecule has 1 unspecified atom stereocenters. The molecule has 0 radical (unpaired) electrons. The average Bonchev–Trinajstić information content (AvgIpc) is 3.31. The molecule has 0 spiro atoms. The van der Waals surface area contributed by atoms with Gasteiger partial charge in [0.1, 0.15) is 5.65 Å². The average molecular weight is 613 g/mol. The number of ketones is 1. The van der Waals surface area contributed by atoms with Crippen LogP contribution >= 0.6 is 22.6 Å². The number of aromatic nitrogens is 4. The molecular weight excluding hydrogens is 588 g/mol. The van der Waals surface area contributed by atoms with Crippen LogP contribution in [0.25, 0.3) is 22.4 Å². The fourth-order valence-corrected chi connectivity index (χ4v) is 4.91. The van der Waals surface area contributed by atoms with Crippen molar-refractivity contribution >= 4 is 56.9 Å². The Labute approximate surface area is 226 Å². The van der Waals surface area contributed by atoms with Gasteiger partial charge in [0.25, 0.3) is 0 Å². The van der Waals surface area contributed by atoms with Gasteiger partial charge in [0, 0.05) is 57.8 Å². The molecule has 2 amide bonds. The number of pyridine rings is 1. The van der Waals surface area contributed by atoms with E-state index in [1.807, 2.05) is 6.07 Å². The second-order valence-corrected chi connectivity index (χ2v) is 10.3. The molecule has 1 atom stereocenters. The Morgan fingerprint density at radius 3 is 2.95 bits per heavy atom. The zero-order chi connectivity index (χ0) is 25.9. The number of hydrogen-bond acceptors (Lipinski definition) is 6. The van der Waals surface area contributed by atoms with Crippen LogP contribution in [0.2, 0.25) is 0 Å². The highest BCUT2D eigenvalue weighted by molar-refractivity contribution is 14.1. The lowest BCUT2D eigenvalue weighted by molar-refractivity contribution is 0.101.